The summed E-state index contributed by atoms with van der Waals surface area (Å²) in [5, 5.41) is 12.5. The quantitative estimate of drug-likeness (QED) is 0.896. The minimum Gasteiger partial charge on any atom is -0.445 e. The summed E-state index contributed by atoms with van der Waals surface area (Å²) in [7, 11) is 0. The number of benzene rings is 1. The van der Waals surface area contributed by atoms with Crippen molar-refractivity contribution >= 4 is 6.09 Å². The number of fused-ring (bicyclic) bond motifs is 1. The van der Waals surface area contributed by atoms with E-state index in [9.17, 15) is 9.90 Å². The van der Waals surface area contributed by atoms with E-state index in [1.54, 1.807) is 0 Å². The van der Waals surface area contributed by atoms with Gasteiger partial charge in [0, 0.05) is 18.6 Å². The van der Waals surface area contributed by atoms with Gasteiger partial charge in [-0.1, -0.05) is 43.2 Å². The summed E-state index contributed by atoms with van der Waals surface area (Å²) in [5.41, 5.74) is 0.982. The minimum absolute atomic E-state index is 0.0866. The van der Waals surface area contributed by atoms with Crippen LogP contribution in [-0.4, -0.2) is 23.8 Å². The highest BCUT2D eigenvalue weighted by Gasteiger charge is 2.51. The molecule has 0 aliphatic heterocycles. The van der Waals surface area contributed by atoms with Crippen LogP contribution in [0.2, 0.25) is 0 Å². The summed E-state index contributed by atoms with van der Waals surface area (Å²) >= 11 is 0. The monoisotopic (exact) mass is 289 g/mol. The first-order chi connectivity index (χ1) is 10.3. The lowest BCUT2D eigenvalue weighted by atomic mass is 9.55. The van der Waals surface area contributed by atoms with Gasteiger partial charge in [-0.25, -0.2) is 4.79 Å². The van der Waals surface area contributed by atoms with Crippen LogP contribution >= 0.6 is 0 Å². The molecule has 3 rings (SSSR count). The Morgan fingerprint density at radius 2 is 1.90 bits per heavy atom. The van der Waals surface area contributed by atoms with Crippen molar-refractivity contribution in [2.75, 3.05) is 6.61 Å². The van der Waals surface area contributed by atoms with E-state index in [1.807, 2.05) is 30.3 Å². The SMILES string of the molecule is O=C(N[C@H]1[C@@H]2CCCC[C@@H]2[C@@H]1CO)OCc1ccccc1. The molecule has 2 aliphatic rings. The molecule has 21 heavy (non-hydrogen) atoms. The number of hydrogen-bond donors (Lipinski definition) is 2. The van der Waals surface area contributed by atoms with Gasteiger partial charge >= 0.3 is 6.09 Å². The zero-order chi connectivity index (χ0) is 14.7. The van der Waals surface area contributed by atoms with E-state index >= 15 is 0 Å². The second-order valence-corrected chi connectivity index (χ2v) is 6.19. The second kappa shape index (κ2) is 6.48. The van der Waals surface area contributed by atoms with Crippen molar-refractivity contribution in [3.8, 4) is 0 Å². The molecular formula is C17H23NO3. The van der Waals surface area contributed by atoms with Gasteiger partial charge in [0.05, 0.1) is 0 Å². The number of carbonyl (C=O) groups is 1. The van der Waals surface area contributed by atoms with Crippen molar-refractivity contribution in [1.82, 2.24) is 5.32 Å². The Morgan fingerprint density at radius 1 is 1.19 bits per heavy atom. The maximum atomic E-state index is 11.9. The molecule has 1 aromatic carbocycles. The molecule has 0 unspecified atom stereocenters. The fourth-order valence-corrected chi connectivity index (χ4v) is 3.97. The normalized spacial score (nSPS) is 30.9. The Kier molecular flexibility index (Phi) is 4.44. The number of carbonyl (C=O) groups excluding carboxylic acids is 1. The fraction of sp³-hybridized carbons (Fsp3) is 0.588. The molecule has 0 bridgehead atoms. The van der Waals surface area contributed by atoms with Crippen molar-refractivity contribution in [3.05, 3.63) is 35.9 Å². The molecule has 2 saturated carbocycles. The predicted molar refractivity (Wildman–Crippen MR) is 79.6 cm³/mol. The summed E-state index contributed by atoms with van der Waals surface area (Å²) in [4.78, 5) is 11.9. The molecule has 4 heteroatoms. The molecular weight excluding hydrogens is 266 g/mol. The van der Waals surface area contributed by atoms with Crippen molar-refractivity contribution < 1.29 is 14.6 Å². The molecule has 1 amide bonds. The first-order valence-electron chi connectivity index (χ1n) is 7.87. The van der Waals surface area contributed by atoms with Gasteiger partial charge in [-0.3, -0.25) is 0 Å². The Hall–Kier alpha value is -1.55. The first kappa shape index (κ1) is 14.4. The number of nitrogens with one attached hydrogen (secondary N) is 1. The smallest absolute Gasteiger partial charge is 0.407 e. The Morgan fingerprint density at radius 3 is 2.62 bits per heavy atom. The molecule has 2 aliphatic carbocycles. The van der Waals surface area contributed by atoms with Crippen LogP contribution in [-0.2, 0) is 11.3 Å². The molecule has 4 nitrogen and oxygen atoms in total. The van der Waals surface area contributed by atoms with Crippen molar-refractivity contribution in [2.24, 2.45) is 17.8 Å². The molecule has 4 atom stereocenters. The third-order valence-electron chi connectivity index (χ3n) is 5.06. The molecule has 0 saturated heterocycles. The third-order valence-corrected chi connectivity index (χ3v) is 5.06. The van der Waals surface area contributed by atoms with Crippen LogP contribution < -0.4 is 5.32 Å². The zero-order valence-electron chi connectivity index (χ0n) is 12.2. The van der Waals surface area contributed by atoms with Gasteiger partial charge in [0.1, 0.15) is 6.61 Å². The lowest BCUT2D eigenvalue weighted by Gasteiger charge is -2.54. The Balaban J connectivity index is 1.50. The summed E-state index contributed by atoms with van der Waals surface area (Å²) in [6.45, 7) is 0.447. The highest BCUT2D eigenvalue weighted by Crippen LogP contribution is 2.49. The van der Waals surface area contributed by atoms with Gasteiger partial charge in [-0.05, 0) is 30.2 Å². The minimum atomic E-state index is -0.369. The van der Waals surface area contributed by atoms with Crippen LogP contribution in [0.25, 0.3) is 0 Å². The van der Waals surface area contributed by atoms with Gasteiger partial charge < -0.3 is 15.2 Å². The molecule has 0 radical (unpaired) electrons. The average Bonchev–Trinajstić information content (AvgIpc) is 2.52. The second-order valence-electron chi connectivity index (χ2n) is 6.19. The van der Waals surface area contributed by atoms with Gasteiger partial charge in [-0.15, -0.1) is 0 Å². The summed E-state index contributed by atoms with van der Waals surface area (Å²) in [5.74, 6) is 1.32. The van der Waals surface area contributed by atoms with Crippen LogP contribution in [0.3, 0.4) is 0 Å². The predicted octanol–water partition coefficient (Wildman–Crippen LogP) is 2.71. The molecule has 114 valence electrons. The van der Waals surface area contributed by atoms with Gasteiger partial charge in [-0.2, -0.15) is 0 Å². The largest absolute Gasteiger partial charge is 0.445 e. The number of amides is 1. The van der Waals surface area contributed by atoms with Crippen LogP contribution in [0.5, 0.6) is 0 Å². The highest BCUT2D eigenvalue weighted by molar-refractivity contribution is 5.68. The lowest BCUT2D eigenvalue weighted by Crippen LogP contribution is -2.62. The van der Waals surface area contributed by atoms with Crippen LogP contribution in [0.15, 0.2) is 30.3 Å². The van der Waals surface area contributed by atoms with Crippen LogP contribution in [0.4, 0.5) is 4.79 Å². The molecule has 0 aromatic heterocycles. The van der Waals surface area contributed by atoms with Crippen LogP contribution in [0, 0.1) is 17.8 Å². The van der Waals surface area contributed by atoms with E-state index < -0.39 is 0 Å². The number of rotatable bonds is 4. The number of aliphatic hydroxyl groups is 1. The van der Waals surface area contributed by atoms with E-state index in [2.05, 4.69) is 5.32 Å². The van der Waals surface area contributed by atoms with Gasteiger partial charge in [0.2, 0.25) is 0 Å². The standard InChI is InChI=1S/C17H23NO3/c19-10-15-13-8-4-5-9-14(13)16(15)18-17(20)21-11-12-6-2-1-3-7-12/h1-3,6-7,13-16,19H,4-5,8-11H2,(H,18,20)/t13-,14+,15-,16-/m0/s1. The number of hydrogen-bond acceptors (Lipinski definition) is 3. The Bertz CT molecular complexity index is 470. The molecule has 2 fully saturated rings. The van der Waals surface area contributed by atoms with E-state index in [-0.39, 0.29) is 31.3 Å². The summed E-state index contributed by atoms with van der Waals surface area (Å²) in [6.07, 6.45) is 4.46. The van der Waals surface area contributed by atoms with Crippen LogP contribution in [0.1, 0.15) is 31.2 Å². The maximum absolute atomic E-state index is 11.9. The fourth-order valence-electron chi connectivity index (χ4n) is 3.97. The lowest BCUT2D eigenvalue weighted by molar-refractivity contribution is -0.0480. The van der Waals surface area contributed by atoms with E-state index in [0.717, 1.165) is 12.0 Å². The highest BCUT2D eigenvalue weighted by atomic mass is 16.5. The van der Waals surface area contributed by atoms with Gasteiger partial charge in [0.15, 0.2) is 0 Å². The Labute approximate surface area is 125 Å². The third kappa shape index (κ3) is 3.05. The number of alkyl carbamates (subject to hydrolysis) is 1. The average molecular weight is 289 g/mol. The first-order valence-corrected chi connectivity index (χ1v) is 7.87. The molecule has 0 heterocycles. The van der Waals surface area contributed by atoms with E-state index in [1.165, 1.54) is 19.3 Å². The molecule has 1 aromatic rings. The van der Waals surface area contributed by atoms with Gasteiger partial charge in [0.25, 0.3) is 0 Å². The number of aliphatic hydroxyl groups excluding tert-OH is 1. The van der Waals surface area contributed by atoms with E-state index in [4.69, 9.17) is 4.74 Å². The molecule has 2 N–H and O–H groups in total. The topological polar surface area (TPSA) is 58.6 Å². The van der Waals surface area contributed by atoms with Crippen molar-refractivity contribution in [3.63, 3.8) is 0 Å². The summed E-state index contributed by atoms with van der Waals surface area (Å²) < 4.78 is 5.28. The molecule has 0 spiro atoms. The summed E-state index contributed by atoms with van der Waals surface area (Å²) in [6, 6.07) is 9.75. The maximum Gasteiger partial charge on any atom is 0.407 e. The van der Waals surface area contributed by atoms with E-state index in [0.29, 0.717) is 11.8 Å². The van der Waals surface area contributed by atoms with Crippen molar-refractivity contribution in [1.29, 1.82) is 0 Å². The van der Waals surface area contributed by atoms with Crippen molar-refractivity contribution in [2.45, 2.75) is 38.3 Å². The zero-order valence-corrected chi connectivity index (χ0v) is 12.2. The number of ether oxygens (including phenoxy) is 1.